The van der Waals surface area contributed by atoms with Gasteiger partial charge in [0, 0.05) is 12.2 Å². The topological polar surface area (TPSA) is 54.0 Å². The van der Waals surface area contributed by atoms with Crippen molar-refractivity contribution < 1.29 is 4.79 Å². The molecule has 110 valence electrons. The van der Waals surface area contributed by atoms with Crippen LogP contribution in [0.1, 0.15) is 42.7 Å². The van der Waals surface area contributed by atoms with Crippen molar-refractivity contribution in [3.05, 3.63) is 53.9 Å². The van der Waals surface area contributed by atoms with Gasteiger partial charge in [-0.05, 0) is 36.6 Å². The largest absolute Gasteiger partial charge is 0.384 e. The number of amides is 1. The van der Waals surface area contributed by atoms with E-state index >= 15 is 0 Å². The predicted octanol–water partition coefficient (Wildman–Crippen LogP) is 3.89. The van der Waals surface area contributed by atoms with Crippen LogP contribution in [0.3, 0.4) is 0 Å². The fourth-order valence-corrected chi connectivity index (χ4v) is 2.14. The van der Waals surface area contributed by atoms with E-state index in [4.69, 9.17) is 0 Å². The van der Waals surface area contributed by atoms with Gasteiger partial charge in [-0.1, -0.05) is 32.0 Å². The maximum atomic E-state index is 12.3. The number of carbonyl (C=O) groups is 1. The second-order valence-electron chi connectivity index (χ2n) is 5.16. The highest BCUT2D eigenvalue weighted by Crippen LogP contribution is 2.24. The van der Waals surface area contributed by atoms with Crippen LogP contribution in [0.25, 0.3) is 0 Å². The van der Waals surface area contributed by atoms with Crippen LogP contribution in [0.4, 0.5) is 11.4 Å². The molecule has 4 nitrogen and oxygen atoms in total. The molecular weight excluding hydrogens is 262 g/mol. The highest BCUT2D eigenvalue weighted by Gasteiger charge is 2.11. The molecule has 4 heteroatoms. The molecule has 0 unspecified atom stereocenters. The molecule has 1 heterocycles. The van der Waals surface area contributed by atoms with Gasteiger partial charge in [-0.25, -0.2) is 4.98 Å². The van der Waals surface area contributed by atoms with Gasteiger partial charge in [0.2, 0.25) is 0 Å². The third kappa shape index (κ3) is 3.81. The molecule has 1 aromatic carbocycles. The van der Waals surface area contributed by atoms with Gasteiger partial charge >= 0.3 is 0 Å². The first-order chi connectivity index (χ1) is 10.1. The summed E-state index contributed by atoms with van der Waals surface area (Å²) in [6, 6.07) is 11.4. The molecule has 21 heavy (non-hydrogen) atoms. The molecule has 0 atom stereocenters. The number of hydrogen-bond acceptors (Lipinski definition) is 3. The van der Waals surface area contributed by atoms with Gasteiger partial charge in [0.1, 0.15) is 5.69 Å². The first kappa shape index (κ1) is 15.0. The van der Waals surface area contributed by atoms with Crippen molar-refractivity contribution in [1.82, 2.24) is 4.98 Å². The van der Waals surface area contributed by atoms with Crippen molar-refractivity contribution in [1.29, 1.82) is 0 Å². The molecule has 2 aromatic rings. The van der Waals surface area contributed by atoms with E-state index < -0.39 is 0 Å². The van der Waals surface area contributed by atoms with Crippen LogP contribution < -0.4 is 10.6 Å². The Bertz CT molecular complexity index is 606. The Hall–Kier alpha value is -2.36. The average Bonchev–Trinajstić information content (AvgIpc) is 2.48. The van der Waals surface area contributed by atoms with Crippen LogP contribution in [-0.4, -0.2) is 17.4 Å². The maximum Gasteiger partial charge on any atom is 0.274 e. The molecule has 0 saturated carbocycles. The van der Waals surface area contributed by atoms with Gasteiger partial charge in [-0.15, -0.1) is 0 Å². The smallest absolute Gasteiger partial charge is 0.274 e. The second kappa shape index (κ2) is 6.88. The van der Waals surface area contributed by atoms with E-state index in [1.165, 1.54) is 0 Å². The molecular formula is C17H21N3O. The summed E-state index contributed by atoms with van der Waals surface area (Å²) in [4.78, 5) is 16.5. The molecule has 0 bridgehead atoms. The first-order valence-electron chi connectivity index (χ1n) is 7.22. The number of hydrogen-bond donors (Lipinski definition) is 2. The van der Waals surface area contributed by atoms with E-state index in [-0.39, 0.29) is 5.91 Å². The summed E-state index contributed by atoms with van der Waals surface area (Å²) >= 11 is 0. The maximum absolute atomic E-state index is 12.3. The lowest BCUT2D eigenvalue weighted by atomic mass is 10.0. The first-order valence-corrected chi connectivity index (χ1v) is 7.22. The average molecular weight is 283 g/mol. The Balaban J connectivity index is 2.14. The number of rotatable bonds is 5. The molecule has 0 aliphatic rings. The number of anilines is 2. The summed E-state index contributed by atoms with van der Waals surface area (Å²) in [5.41, 5.74) is 3.29. The number of nitrogens with zero attached hydrogens (tertiary/aromatic N) is 1. The predicted molar refractivity (Wildman–Crippen MR) is 86.9 cm³/mol. The normalized spacial score (nSPS) is 10.5. The Morgan fingerprint density at radius 2 is 1.95 bits per heavy atom. The zero-order valence-electron chi connectivity index (χ0n) is 12.7. The minimum atomic E-state index is -0.189. The molecule has 1 aromatic heterocycles. The fraction of sp³-hybridized carbons (Fsp3) is 0.294. The van der Waals surface area contributed by atoms with E-state index in [9.17, 15) is 4.79 Å². The van der Waals surface area contributed by atoms with Crippen molar-refractivity contribution >= 4 is 17.3 Å². The van der Waals surface area contributed by atoms with Gasteiger partial charge in [0.15, 0.2) is 0 Å². The number of nitrogens with one attached hydrogen (secondary N) is 2. The number of carbonyl (C=O) groups excluding carboxylic acids is 1. The van der Waals surface area contributed by atoms with Crippen LogP contribution in [0.5, 0.6) is 0 Å². The van der Waals surface area contributed by atoms with Gasteiger partial charge in [0.05, 0.1) is 11.9 Å². The van der Waals surface area contributed by atoms with E-state index in [0.29, 0.717) is 11.6 Å². The van der Waals surface area contributed by atoms with E-state index in [1.54, 1.807) is 12.3 Å². The van der Waals surface area contributed by atoms with Gasteiger partial charge in [-0.3, -0.25) is 4.79 Å². The quantitative estimate of drug-likeness (QED) is 0.875. The molecule has 2 N–H and O–H groups in total. The van der Waals surface area contributed by atoms with Crippen molar-refractivity contribution in [2.75, 3.05) is 17.2 Å². The second-order valence-corrected chi connectivity index (χ2v) is 5.16. The van der Waals surface area contributed by atoms with Crippen LogP contribution in [-0.2, 0) is 0 Å². The number of para-hydroxylation sites is 1. The monoisotopic (exact) mass is 283 g/mol. The van der Waals surface area contributed by atoms with Crippen molar-refractivity contribution in [3.8, 4) is 0 Å². The van der Waals surface area contributed by atoms with Crippen LogP contribution in [0.2, 0.25) is 0 Å². The summed E-state index contributed by atoms with van der Waals surface area (Å²) in [5.74, 6) is 0.164. The summed E-state index contributed by atoms with van der Waals surface area (Å²) in [7, 11) is 0. The van der Waals surface area contributed by atoms with E-state index in [2.05, 4.69) is 29.5 Å². The number of pyridine rings is 1. The molecule has 0 fully saturated rings. The Morgan fingerprint density at radius 3 is 2.57 bits per heavy atom. The van der Waals surface area contributed by atoms with E-state index in [1.807, 2.05) is 37.3 Å². The molecule has 2 rings (SSSR count). The Labute approximate surface area is 125 Å². The van der Waals surface area contributed by atoms with Crippen LogP contribution in [0, 0.1) is 0 Å². The lowest BCUT2D eigenvalue weighted by Crippen LogP contribution is -2.15. The lowest BCUT2D eigenvalue weighted by molar-refractivity contribution is 0.102. The summed E-state index contributed by atoms with van der Waals surface area (Å²) < 4.78 is 0. The third-order valence-corrected chi connectivity index (χ3v) is 3.21. The zero-order chi connectivity index (χ0) is 15.2. The molecule has 0 radical (unpaired) electrons. The highest BCUT2D eigenvalue weighted by atomic mass is 16.1. The highest BCUT2D eigenvalue weighted by molar-refractivity contribution is 6.03. The van der Waals surface area contributed by atoms with Crippen molar-refractivity contribution in [2.45, 2.75) is 26.7 Å². The van der Waals surface area contributed by atoms with Gasteiger partial charge in [0.25, 0.3) is 5.91 Å². The molecule has 1 amide bonds. The summed E-state index contributed by atoms with van der Waals surface area (Å²) in [5, 5.41) is 6.09. The van der Waals surface area contributed by atoms with Gasteiger partial charge in [-0.2, -0.15) is 0 Å². The molecule has 0 aliphatic carbocycles. The molecule has 0 saturated heterocycles. The zero-order valence-corrected chi connectivity index (χ0v) is 12.7. The summed E-state index contributed by atoms with van der Waals surface area (Å²) in [6.07, 6.45) is 1.67. The minimum Gasteiger partial charge on any atom is -0.384 e. The number of aromatic nitrogens is 1. The Kier molecular flexibility index (Phi) is 4.93. The SMILES string of the molecule is CCNc1ccc(C(=O)Nc2ccccc2C(C)C)nc1. The van der Waals surface area contributed by atoms with E-state index in [0.717, 1.165) is 23.5 Å². The Morgan fingerprint density at radius 1 is 1.19 bits per heavy atom. The number of benzene rings is 1. The van der Waals surface area contributed by atoms with Gasteiger partial charge < -0.3 is 10.6 Å². The van der Waals surface area contributed by atoms with Crippen LogP contribution >= 0.6 is 0 Å². The third-order valence-electron chi connectivity index (χ3n) is 3.21. The lowest BCUT2D eigenvalue weighted by Gasteiger charge is -2.13. The standard InChI is InChI=1S/C17H21N3O/c1-4-18-13-9-10-16(19-11-13)17(21)20-15-8-6-5-7-14(15)12(2)3/h5-12,18H,4H2,1-3H3,(H,20,21). The molecule has 0 aliphatic heterocycles. The van der Waals surface area contributed by atoms with Crippen molar-refractivity contribution in [3.63, 3.8) is 0 Å². The fourth-order valence-electron chi connectivity index (χ4n) is 2.14. The summed E-state index contributed by atoms with van der Waals surface area (Å²) in [6.45, 7) is 7.06. The van der Waals surface area contributed by atoms with Crippen molar-refractivity contribution in [2.24, 2.45) is 0 Å². The minimum absolute atomic E-state index is 0.189. The van der Waals surface area contributed by atoms with Crippen LogP contribution in [0.15, 0.2) is 42.6 Å². The molecule has 0 spiro atoms.